The zero-order chi connectivity index (χ0) is 14.4. The Morgan fingerprint density at radius 2 is 1.80 bits per heavy atom. The Labute approximate surface area is 120 Å². The third kappa shape index (κ3) is 2.13. The first-order chi connectivity index (χ1) is 9.42. The van der Waals surface area contributed by atoms with Gasteiger partial charge in [0.25, 0.3) is 0 Å². The average molecular weight is 275 g/mol. The molecule has 0 amide bonds. The van der Waals surface area contributed by atoms with E-state index in [0.29, 0.717) is 0 Å². The minimum atomic E-state index is -0.689. The number of benzene rings is 1. The zero-order valence-electron chi connectivity index (χ0n) is 12.4. The van der Waals surface area contributed by atoms with E-state index in [2.05, 4.69) is 30.1 Å². The Hall–Kier alpha value is -1.38. The molecule has 3 heteroatoms. The van der Waals surface area contributed by atoms with Gasteiger partial charge in [0.15, 0.2) is 6.10 Å². The fourth-order valence-electron chi connectivity index (χ4n) is 3.70. The highest BCUT2D eigenvalue weighted by atomic mass is 19.1. The van der Waals surface area contributed by atoms with E-state index >= 15 is 0 Å². The smallest absolute Gasteiger partial charge is 0.372 e. The molecule has 1 heterocycles. The SMILES string of the molecule is CC1(c2ccccc2C2OC(F)=NC2(C)C)CCCC1. The monoisotopic (exact) mass is 275 g/mol. The van der Waals surface area contributed by atoms with Gasteiger partial charge in [-0.1, -0.05) is 44.0 Å². The van der Waals surface area contributed by atoms with Crippen molar-refractivity contribution < 1.29 is 9.13 Å². The molecule has 1 atom stereocenters. The first kappa shape index (κ1) is 13.6. The average Bonchev–Trinajstić information content (AvgIpc) is 2.94. The second kappa shape index (κ2) is 4.57. The number of hydrogen-bond acceptors (Lipinski definition) is 2. The molecule has 0 radical (unpaired) electrons. The molecule has 0 saturated heterocycles. The lowest BCUT2D eigenvalue weighted by atomic mass is 9.75. The van der Waals surface area contributed by atoms with Crippen LogP contribution in [0.15, 0.2) is 29.3 Å². The molecule has 1 unspecified atom stereocenters. The van der Waals surface area contributed by atoms with Crippen LogP contribution in [0, 0.1) is 0 Å². The van der Waals surface area contributed by atoms with Crippen molar-refractivity contribution in [3.05, 3.63) is 35.4 Å². The van der Waals surface area contributed by atoms with Gasteiger partial charge in [0.2, 0.25) is 0 Å². The molecule has 0 aromatic heterocycles. The first-order valence-corrected chi connectivity index (χ1v) is 7.44. The second-order valence-electron chi connectivity index (χ2n) is 6.87. The van der Waals surface area contributed by atoms with Crippen LogP contribution < -0.4 is 0 Å². The molecule has 1 aliphatic carbocycles. The highest BCUT2D eigenvalue weighted by Crippen LogP contribution is 2.47. The van der Waals surface area contributed by atoms with Crippen molar-refractivity contribution in [3.63, 3.8) is 0 Å². The maximum atomic E-state index is 13.5. The van der Waals surface area contributed by atoms with Gasteiger partial charge >= 0.3 is 6.15 Å². The van der Waals surface area contributed by atoms with Gasteiger partial charge in [-0.2, -0.15) is 0 Å². The van der Waals surface area contributed by atoms with Gasteiger partial charge < -0.3 is 4.74 Å². The molecule has 108 valence electrons. The Morgan fingerprint density at radius 1 is 1.15 bits per heavy atom. The molecule has 1 aliphatic heterocycles. The fourth-order valence-corrected chi connectivity index (χ4v) is 3.70. The van der Waals surface area contributed by atoms with E-state index in [1.165, 1.54) is 31.2 Å². The number of nitrogens with zero attached hydrogens (tertiary/aromatic N) is 1. The lowest BCUT2D eigenvalue weighted by Gasteiger charge is -2.32. The molecular formula is C17H22FNO. The number of ether oxygens (including phenoxy) is 1. The standard InChI is InChI=1S/C17H22FNO/c1-16(2)14(20-15(18)19-16)12-8-4-5-9-13(12)17(3)10-6-7-11-17/h4-5,8-9,14H,6-7,10-11H2,1-3H3. The van der Waals surface area contributed by atoms with Crippen molar-refractivity contribution in [2.24, 2.45) is 4.99 Å². The number of halogens is 1. The third-order valence-corrected chi connectivity index (χ3v) is 4.83. The van der Waals surface area contributed by atoms with E-state index < -0.39 is 11.7 Å². The van der Waals surface area contributed by atoms with Crippen LogP contribution in [0.2, 0.25) is 0 Å². The topological polar surface area (TPSA) is 21.6 Å². The van der Waals surface area contributed by atoms with Crippen molar-refractivity contribution in [2.45, 2.75) is 63.5 Å². The lowest BCUT2D eigenvalue weighted by molar-refractivity contribution is 0.140. The molecule has 1 fully saturated rings. The summed E-state index contributed by atoms with van der Waals surface area (Å²) in [5.74, 6) is 0. The van der Waals surface area contributed by atoms with Gasteiger partial charge in [0.1, 0.15) is 5.54 Å². The minimum absolute atomic E-state index is 0.190. The van der Waals surface area contributed by atoms with E-state index in [1.54, 1.807) is 0 Å². The van der Waals surface area contributed by atoms with E-state index in [0.717, 1.165) is 5.56 Å². The van der Waals surface area contributed by atoms with Gasteiger partial charge in [0.05, 0.1) is 0 Å². The maximum absolute atomic E-state index is 13.5. The fraction of sp³-hybridized carbons (Fsp3) is 0.588. The van der Waals surface area contributed by atoms with Gasteiger partial charge in [-0.15, -0.1) is 4.39 Å². The van der Waals surface area contributed by atoms with Crippen molar-refractivity contribution in [1.29, 1.82) is 0 Å². The van der Waals surface area contributed by atoms with Crippen LogP contribution in [0.25, 0.3) is 0 Å². The Bertz CT molecular complexity index is 544. The van der Waals surface area contributed by atoms with Crippen LogP contribution >= 0.6 is 0 Å². The molecule has 0 spiro atoms. The third-order valence-electron chi connectivity index (χ3n) is 4.83. The predicted octanol–water partition coefficient (Wildman–Crippen LogP) is 4.69. The molecule has 0 bridgehead atoms. The Balaban J connectivity index is 2.03. The Kier molecular flexibility index (Phi) is 3.11. The van der Waals surface area contributed by atoms with Crippen molar-refractivity contribution in [3.8, 4) is 0 Å². The molecule has 1 saturated carbocycles. The number of aliphatic imine (C=N–C) groups is 1. The number of hydrogen-bond donors (Lipinski definition) is 0. The van der Waals surface area contributed by atoms with Crippen LogP contribution in [0.1, 0.15) is 63.7 Å². The molecular weight excluding hydrogens is 253 g/mol. The molecule has 2 nitrogen and oxygen atoms in total. The minimum Gasteiger partial charge on any atom is -0.446 e. The second-order valence-corrected chi connectivity index (χ2v) is 6.87. The van der Waals surface area contributed by atoms with E-state index in [-0.39, 0.29) is 11.5 Å². The molecule has 3 rings (SSSR count). The molecule has 1 aromatic carbocycles. The molecule has 1 aromatic rings. The first-order valence-electron chi connectivity index (χ1n) is 7.44. The van der Waals surface area contributed by atoms with Crippen LogP contribution in [-0.2, 0) is 10.2 Å². The van der Waals surface area contributed by atoms with Gasteiger partial charge in [-0.25, -0.2) is 4.99 Å². The zero-order valence-corrected chi connectivity index (χ0v) is 12.4. The van der Waals surface area contributed by atoms with E-state index in [1.807, 2.05) is 19.9 Å². The Morgan fingerprint density at radius 3 is 2.40 bits per heavy atom. The number of rotatable bonds is 2. The van der Waals surface area contributed by atoms with Crippen molar-refractivity contribution in [1.82, 2.24) is 0 Å². The van der Waals surface area contributed by atoms with Crippen LogP contribution in [0.4, 0.5) is 4.39 Å². The van der Waals surface area contributed by atoms with Crippen LogP contribution in [0.5, 0.6) is 0 Å². The summed E-state index contributed by atoms with van der Waals surface area (Å²) in [5.41, 5.74) is 2.04. The molecule has 2 aliphatic rings. The maximum Gasteiger partial charge on any atom is 0.372 e. The van der Waals surface area contributed by atoms with E-state index in [4.69, 9.17) is 4.74 Å². The van der Waals surface area contributed by atoms with Crippen LogP contribution in [-0.4, -0.2) is 11.7 Å². The van der Waals surface area contributed by atoms with Gasteiger partial charge in [-0.3, -0.25) is 0 Å². The summed E-state index contributed by atoms with van der Waals surface area (Å²) in [6.07, 6.45) is 3.92. The summed E-state index contributed by atoms with van der Waals surface area (Å²) >= 11 is 0. The summed E-state index contributed by atoms with van der Waals surface area (Å²) in [7, 11) is 0. The summed E-state index contributed by atoms with van der Waals surface area (Å²) in [5, 5.41) is 0. The van der Waals surface area contributed by atoms with Crippen molar-refractivity contribution >= 4 is 6.15 Å². The summed E-state index contributed by atoms with van der Waals surface area (Å²) in [6.45, 7) is 6.17. The highest BCUT2D eigenvalue weighted by molar-refractivity contribution is 5.69. The highest BCUT2D eigenvalue weighted by Gasteiger charge is 2.43. The predicted molar refractivity (Wildman–Crippen MR) is 78.7 cm³/mol. The van der Waals surface area contributed by atoms with Gasteiger partial charge in [0, 0.05) is 0 Å². The summed E-state index contributed by atoms with van der Waals surface area (Å²) in [6, 6.07) is 8.32. The summed E-state index contributed by atoms with van der Waals surface area (Å²) < 4.78 is 18.9. The lowest BCUT2D eigenvalue weighted by Crippen LogP contribution is -2.28. The molecule has 0 N–H and O–H groups in total. The molecule has 20 heavy (non-hydrogen) atoms. The van der Waals surface area contributed by atoms with E-state index in [9.17, 15) is 4.39 Å². The van der Waals surface area contributed by atoms with Crippen LogP contribution in [0.3, 0.4) is 0 Å². The summed E-state index contributed by atoms with van der Waals surface area (Å²) in [4.78, 5) is 4.00. The van der Waals surface area contributed by atoms with Gasteiger partial charge in [-0.05, 0) is 43.2 Å². The quantitative estimate of drug-likeness (QED) is 0.767. The largest absolute Gasteiger partial charge is 0.446 e. The normalized spacial score (nSPS) is 27.2. The van der Waals surface area contributed by atoms with Crippen molar-refractivity contribution in [2.75, 3.05) is 0 Å².